The summed E-state index contributed by atoms with van der Waals surface area (Å²) in [4.78, 5) is 0. The largest absolute Gasteiger partial charge is 0.493 e. The molecule has 0 saturated carbocycles. The highest BCUT2D eigenvalue weighted by atomic mass is 16.7. The van der Waals surface area contributed by atoms with Gasteiger partial charge in [0.1, 0.15) is 12.8 Å². The summed E-state index contributed by atoms with van der Waals surface area (Å²) in [5, 5.41) is 6.15. The van der Waals surface area contributed by atoms with E-state index in [0.717, 1.165) is 35.7 Å². The molecule has 122 valence electrons. The fourth-order valence-electron chi connectivity index (χ4n) is 4.24. The van der Waals surface area contributed by atoms with Crippen molar-refractivity contribution in [2.75, 3.05) is 13.4 Å². The zero-order valence-electron chi connectivity index (χ0n) is 13.8. The highest BCUT2D eigenvalue weighted by Gasteiger charge is 2.23. The molecule has 0 unspecified atom stereocenters. The summed E-state index contributed by atoms with van der Waals surface area (Å²) in [5.41, 5.74) is 2.53. The molecule has 1 aromatic heterocycles. The summed E-state index contributed by atoms with van der Waals surface area (Å²) < 4.78 is 19.1. The Morgan fingerprint density at radius 2 is 1.64 bits per heavy atom. The van der Waals surface area contributed by atoms with Crippen LogP contribution in [-0.2, 0) is 13.5 Å². The second-order valence-corrected chi connectivity index (χ2v) is 6.73. The van der Waals surface area contributed by atoms with E-state index >= 15 is 0 Å². The first-order valence-electron chi connectivity index (χ1n) is 8.53. The van der Waals surface area contributed by atoms with E-state index < -0.39 is 0 Å². The van der Waals surface area contributed by atoms with Gasteiger partial charge < -0.3 is 14.2 Å². The minimum Gasteiger partial charge on any atom is -0.493 e. The van der Waals surface area contributed by atoms with Crippen LogP contribution in [0.5, 0.6) is 17.2 Å². The standard InChI is InChI=1S/C21H16NO3/c1-22-10-17-13(4-5-18-14(17)6-7-23-18)15-3-2-12-8-19-20(25-11-24-19)9-16(12)21(15)22/h2-5,8-10H,6-7,11H2,1H3/q+1. The van der Waals surface area contributed by atoms with Crippen molar-refractivity contribution in [3.05, 3.63) is 48.2 Å². The van der Waals surface area contributed by atoms with E-state index in [9.17, 15) is 0 Å². The third-order valence-corrected chi connectivity index (χ3v) is 5.37. The van der Waals surface area contributed by atoms with Crippen LogP contribution in [0.15, 0.2) is 42.6 Å². The summed E-state index contributed by atoms with van der Waals surface area (Å²) in [5.74, 6) is 2.67. The molecule has 4 heteroatoms. The molecule has 0 aliphatic carbocycles. The van der Waals surface area contributed by atoms with Gasteiger partial charge in [0, 0.05) is 17.4 Å². The highest BCUT2D eigenvalue weighted by Crippen LogP contribution is 2.40. The van der Waals surface area contributed by atoms with Gasteiger partial charge in [0.2, 0.25) is 12.3 Å². The number of ether oxygens (including phenoxy) is 3. The molecular weight excluding hydrogens is 314 g/mol. The van der Waals surface area contributed by atoms with Crippen LogP contribution in [0, 0.1) is 0 Å². The molecule has 4 nitrogen and oxygen atoms in total. The molecule has 3 heterocycles. The summed E-state index contributed by atoms with van der Waals surface area (Å²) in [6.07, 6.45) is 3.21. The van der Waals surface area contributed by atoms with E-state index in [1.54, 1.807) is 0 Å². The fourth-order valence-corrected chi connectivity index (χ4v) is 4.24. The van der Waals surface area contributed by atoms with Crippen molar-refractivity contribution in [3.63, 3.8) is 0 Å². The molecule has 0 radical (unpaired) electrons. The summed E-state index contributed by atoms with van der Waals surface area (Å²) in [7, 11) is 2.11. The quantitative estimate of drug-likeness (QED) is 0.364. The van der Waals surface area contributed by atoms with E-state index in [1.165, 1.54) is 32.6 Å². The Morgan fingerprint density at radius 3 is 2.56 bits per heavy atom. The Labute approximate surface area is 144 Å². The lowest BCUT2D eigenvalue weighted by atomic mass is 9.97. The Bertz CT molecular complexity index is 1210. The van der Waals surface area contributed by atoms with Crippen LogP contribution in [0.1, 0.15) is 5.56 Å². The SMILES string of the molecule is C[n+]1cc2c3c(ccc2c2ccc4cc5c(cc4c21)OCO5)OCC3. The Hall–Kier alpha value is -3.01. The molecule has 2 aliphatic rings. The van der Waals surface area contributed by atoms with E-state index in [0.29, 0.717) is 6.79 Å². The third kappa shape index (κ3) is 1.69. The number of pyridine rings is 1. The number of nitrogens with zero attached hydrogens (tertiary/aromatic N) is 1. The van der Waals surface area contributed by atoms with Crippen molar-refractivity contribution >= 4 is 32.4 Å². The van der Waals surface area contributed by atoms with Crippen LogP contribution in [0.2, 0.25) is 0 Å². The van der Waals surface area contributed by atoms with Gasteiger partial charge in [0.25, 0.3) is 0 Å². The monoisotopic (exact) mass is 330 g/mol. The van der Waals surface area contributed by atoms with Gasteiger partial charge in [-0.1, -0.05) is 6.07 Å². The molecule has 0 N–H and O–H groups in total. The zero-order valence-corrected chi connectivity index (χ0v) is 13.8. The number of benzene rings is 3. The van der Waals surface area contributed by atoms with Crippen LogP contribution < -0.4 is 18.8 Å². The molecule has 0 saturated heterocycles. The first kappa shape index (κ1) is 13.3. The molecule has 25 heavy (non-hydrogen) atoms. The van der Waals surface area contributed by atoms with Gasteiger partial charge in [-0.2, -0.15) is 4.57 Å². The lowest BCUT2D eigenvalue weighted by Gasteiger charge is -2.09. The minimum absolute atomic E-state index is 0.296. The maximum absolute atomic E-state index is 5.74. The van der Waals surface area contributed by atoms with Crippen LogP contribution in [-0.4, -0.2) is 13.4 Å². The van der Waals surface area contributed by atoms with Crippen molar-refractivity contribution in [3.8, 4) is 17.2 Å². The predicted octanol–water partition coefficient (Wildman–Crippen LogP) is 3.63. The topological polar surface area (TPSA) is 31.6 Å². The molecule has 6 rings (SSSR count). The summed E-state index contributed by atoms with van der Waals surface area (Å²) in [6.45, 7) is 1.07. The third-order valence-electron chi connectivity index (χ3n) is 5.37. The summed E-state index contributed by atoms with van der Waals surface area (Å²) in [6, 6.07) is 12.8. The minimum atomic E-state index is 0.296. The molecule has 4 aromatic rings. The molecule has 0 spiro atoms. The van der Waals surface area contributed by atoms with E-state index in [1.807, 2.05) is 0 Å². The maximum Gasteiger partial charge on any atom is 0.231 e. The van der Waals surface area contributed by atoms with Crippen LogP contribution in [0.3, 0.4) is 0 Å². The molecular formula is C21H16NO3+. The molecule has 0 fully saturated rings. The van der Waals surface area contributed by atoms with Gasteiger partial charge in [-0.25, -0.2) is 0 Å². The van der Waals surface area contributed by atoms with E-state index in [2.05, 4.69) is 54.2 Å². The normalized spacial score (nSPS) is 15.1. The Kier molecular flexibility index (Phi) is 2.41. The number of hydrogen-bond acceptors (Lipinski definition) is 3. The molecule has 0 atom stereocenters. The summed E-state index contributed by atoms with van der Waals surface area (Å²) >= 11 is 0. The van der Waals surface area contributed by atoms with Gasteiger partial charge in [-0.3, -0.25) is 0 Å². The van der Waals surface area contributed by atoms with Gasteiger partial charge in [0.05, 0.1) is 22.8 Å². The smallest absolute Gasteiger partial charge is 0.231 e. The Morgan fingerprint density at radius 1 is 0.800 bits per heavy atom. The lowest BCUT2D eigenvalue weighted by molar-refractivity contribution is -0.642. The van der Waals surface area contributed by atoms with Gasteiger partial charge >= 0.3 is 0 Å². The first-order valence-corrected chi connectivity index (χ1v) is 8.53. The second-order valence-electron chi connectivity index (χ2n) is 6.73. The van der Waals surface area contributed by atoms with Crippen molar-refractivity contribution in [2.45, 2.75) is 6.42 Å². The fraction of sp³-hybridized carbons (Fsp3) is 0.190. The number of hydrogen-bond donors (Lipinski definition) is 0. The second kappa shape index (κ2) is 4.54. The Balaban J connectivity index is 1.79. The van der Waals surface area contributed by atoms with Crippen molar-refractivity contribution in [1.29, 1.82) is 0 Å². The zero-order chi connectivity index (χ0) is 16.5. The highest BCUT2D eigenvalue weighted by molar-refractivity contribution is 6.14. The maximum atomic E-state index is 5.74. The number of rotatable bonds is 0. The van der Waals surface area contributed by atoms with E-state index in [-0.39, 0.29) is 0 Å². The van der Waals surface area contributed by atoms with Gasteiger partial charge in [-0.15, -0.1) is 0 Å². The average Bonchev–Trinajstić information content (AvgIpc) is 3.28. The molecule has 3 aromatic carbocycles. The van der Waals surface area contributed by atoms with Crippen LogP contribution >= 0.6 is 0 Å². The van der Waals surface area contributed by atoms with Gasteiger partial charge in [0.15, 0.2) is 17.7 Å². The van der Waals surface area contributed by atoms with Crippen molar-refractivity contribution < 1.29 is 18.8 Å². The lowest BCUT2D eigenvalue weighted by Crippen LogP contribution is -2.28. The van der Waals surface area contributed by atoms with Gasteiger partial charge in [-0.05, 0) is 35.7 Å². The number of fused-ring (bicyclic) bond motifs is 8. The van der Waals surface area contributed by atoms with Crippen molar-refractivity contribution in [1.82, 2.24) is 0 Å². The molecule has 0 amide bonds. The number of aromatic nitrogens is 1. The first-order chi connectivity index (χ1) is 12.3. The van der Waals surface area contributed by atoms with Crippen LogP contribution in [0.25, 0.3) is 32.4 Å². The predicted molar refractivity (Wildman–Crippen MR) is 95.5 cm³/mol. The molecule has 2 aliphatic heterocycles. The number of aryl methyl sites for hydroxylation is 1. The average molecular weight is 330 g/mol. The van der Waals surface area contributed by atoms with Crippen LogP contribution in [0.4, 0.5) is 0 Å². The van der Waals surface area contributed by atoms with E-state index in [4.69, 9.17) is 14.2 Å². The molecule has 0 bridgehead atoms. The van der Waals surface area contributed by atoms with Crippen molar-refractivity contribution in [2.24, 2.45) is 7.05 Å².